The van der Waals surface area contributed by atoms with Gasteiger partial charge in [-0.25, -0.2) is 5.10 Å². The number of H-pyrrole nitrogens is 1. The van der Waals surface area contributed by atoms with Crippen molar-refractivity contribution < 1.29 is 14.3 Å². The summed E-state index contributed by atoms with van der Waals surface area (Å²) in [6.07, 6.45) is 5.28. The number of terminal acetylenes is 1. The SMILES string of the molecule is C#Cc1cccc(OCC2CN(C(=O)Cc3n[nH]c(=O)c4ccccc34)CCO2)c1. The molecule has 4 rings (SSSR count). The van der Waals surface area contributed by atoms with E-state index in [1.54, 1.807) is 29.2 Å². The number of nitrogens with zero attached hydrogens (tertiary/aromatic N) is 2. The Bertz CT molecular complexity index is 1160. The lowest BCUT2D eigenvalue weighted by Crippen LogP contribution is -2.48. The number of ether oxygens (including phenoxy) is 2. The minimum atomic E-state index is -0.265. The first-order chi connectivity index (χ1) is 14.6. The lowest BCUT2D eigenvalue weighted by molar-refractivity contribution is -0.139. The molecule has 1 amide bonds. The Kier molecular flexibility index (Phi) is 5.77. The number of nitrogens with one attached hydrogen (secondary N) is 1. The Morgan fingerprint density at radius 3 is 2.93 bits per heavy atom. The molecule has 1 aliphatic rings. The van der Waals surface area contributed by atoms with Crippen LogP contribution in [0.1, 0.15) is 11.3 Å². The third-order valence-electron chi connectivity index (χ3n) is 5.02. The van der Waals surface area contributed by atoms with Crippen molar-refractivity contribution in [3.05, 3.63) is 70.1 Å². The number of benzene rings is 2. The van der Waals surface area contributed by atoms with Crippen LogP contribution >= 0.6 is 0 Å². The Labute approximate surface area is 173 Å². The molecule has 1 unspecified atom stereocenters. The molecule has 0 spiro atoms. The van der Waals surface area contributed by atoms with E-state index in [4.69, 9.17) is 15.9 Å². The van der Waals surface area contributed by atoms with Crippen LogP contribution in [0.3, 0.4) is 0 Å². The van der Waals surface area contributed by atoms with Gasteiger partial charge in [-0.2, -0.15) is 5.10 Å². The largest absolute Gasteiger partial charge is 0.491 e. The van der Waals surface area contributed by atoms with E-state index >= 15 is 0 Å². The van der Waals surface area contributed by atoms with E-state index in [2.05, 4.69) is 16.1 Å². The van der Waals surface area contributed by atoms with E-state index in [9.17, 15) is 9.59 Å². The van der Waals surface area contributed by atoms with Crippen LogP contribution < -0.4 is 10.3 Å². The molecule has 2 heterocycles. The van der Waals surface area contributed by atoms with E-state index in [0.29, 0.717) is 48.5 Å². The van der Waals surface area contributed by atoms with Crippen molar-refractivity contribution in [2.45, 2.75) is 12.5 Å². The highest BCUT2D eigenvalue weighted by atomic mass is 16.5. The zero-order valence-electron chi connectivity index (χ0n) is 16.3. The number of carbonyl (C=O) groups is 1. The van der Waals surface area contributed by atoms with Crippen LogP contribution in [0.2, 0.25) is 0 Å². The van der Waals surface area contributed by atoms with Crippen LogP contribution in [0, 0.1) is 12.3 Å². The Hall–Kier alpha value is -3.63. The zero-order valence-corrected chi connectivity index (χ0v) is 16.3. The minimum Gasteiger partial charge on any atom is -0.491 e. The van der Waals surface area contributed by atoms with Gasteiger partial charge in [-0.3, -0.25) is 9.59 Å². The first-order valence-electron chi connectivity index (χ1n) is 9.69. The van der Waals surface area contributed by atoms with Gasteiger partial charge < -0.3 is 14.4 Å². The molecule has 1 atom stereocenters. The van der Waals surface area contributed by atoms with Gasteiger partial charge in [-0.05, 0) is 24.3 Å². The normalized spacial score (nSPS) is 16.2. The summed E-state index contributed by atoms with van der Waals surface area (Å²) in [5.41, 5.74) is 1.04. The molecular formula is C23H21N3O4. The number of fused-ring (bicyclic) bond motifs is 1. The highest BCUT2D eigenvalue weighted by Crippen LogP contribution is 2.17. The van der Waals surface area contributed by atoms with Crippen molar-refractivity contribution in [1.82, 2.24) is 15.1 Å². The molecule has 1 aromatic heterocycles. The molecule has 1 aliphatic heterocycles. The van der Waals surface area contributed by atoms with Crippen LogP contribution in [0.15, 0.2) is 53.3 Å². The number of aromatic amines is 1. The quantitative estimate of drug-likeness (QED) is 0.656. The molecule has 3 aromatic rings. The number of rotatable bonds is 5. The van der Waals surface area contributed by atoms with Crippen LogP contribution in [0.4, 0.5) is 0 Å². The number of amides is 1. The number of hydrogen-bond acceptors (Lipinski definition) is 5. The van der Waals surface area contributed by atoms with Crippen LogP contribution in [0.5, 0.6) is 5.75 Å². The molecule has 1 saturated heterocycles. The van der Waals surface area contributed by atoms with E-state index in [0.717, 1.165) is 5.56 Å². The predicted octanol–water partition coefficient (Wildman–Crippen LogP) is 1.75. The molecule has 152 valence electrons. The average molecular weight is 403 g/mol. The van der Waals surface area contributed by atoms with Crippen molar-refractivity contribution in [2.24, 2.45) is 0 Å². The predicted molar refractivity (Wildman–Crippen MR) is 112 cm³/mol. The van der Waals surface area contributed by atoms with E-state index < -0.39 is 0 Å². The maximum atomic E-state index is 12.9. The van der Waals surface area contributed by atoms with Crippen molar-refractivity contribution in [1.29, 1.82) is 0 Å². The third-order valence-corrected chi connectivity index (χ3v) is 5.02. The van der Waals surface area contributed by atoms with Gasteiger partial charge in [0.05, 0.1) is 30.7 Å². The average Bonchev–Trinajstić information content (AvgIpc) is 2.80. The topological polar surface area (TPSA) is 84.5 Å². The van der Waals surface area contributed by atoms with E-state index in [-0.39, 0.29) is 24.0 Å². The lowest BCUT2D eigenvalue weighted by atomic mass is 10.1. The number of aromatic nitrogens is 2. The van der Waals surface area contributed by atoms with Crippen molar-refractivity contribution in [3.8, 4) is 18.1 Å². The van der Waals surface area contributed by atoms with Crippen LogP contribution in [0.25, 0.3) is 10.8 Å². The summed E-state index contributed by atoms with van der Waals surface area (Å²) < 4.78 is 11.5. The van der Waals surface area contributed by atoms with Crippen molar-refractivity contribution in [2.75, 3.05) is 26.3 Å². The van der Waals surface area contributed by atoms with Crippen molar-refractivity contribution >= 4 is 16.7 Å². The fraction of sp³-hybridized carbons (Fsp3) is 0.261. The standard InChI is InChI=1S/C23H21N3O4/c1-2-16-6-5-7-17(12-16)30-15-18-14-26(10-11-29-18)22(27)13-21-19-8-3-4-9-20(19)23(28)25-24-21/h1,3-9,12,18H,10-11,13-15H2,(H,25,28). The Balaban J connectivity index is 1.40. The molecule has 7 nitrogen and oxygen atoms in total. The van der Waals surface area contributed by atoms with Gasteiger partial charge in [0.15, 0.2) is 0 Å². The number of morpholine rings is 1. The maximum Gasteiger partial charge on any atom is 0.272 e. The Morgan fingerprint density at radius 1 is 1.27 bits per heavy atom. The molecule has 1 fully saturated rings. The summed E-state index contributed by atoms with van der Waals surface area (Å²) in [7, 11) is 0. The third kappa shape index (κ3) is 4.34. The first-order valence-corrected chi connectivity index (χ1v) is 9.69. The molecule has 0 saturated carbocycles. The Morgan fingerprint density at radius 2 is 2.10 bits per heavy atom. The molecule has 2 aromatic carbocycles. The smallest absolute Gasteiger partial charge is 0.272 e. The van der Waals surface area contributed by atoms with Gasteiger partial charge in [0.2, 0.25) is 5.91 Å². The van der Waals surface area contributed by atoms with Gasteiger partial charge in [-0.1, -0.05) is 30.2 Å². The molecule has 1 N–H and O–H groups in total. The van der Waals surface area contributed by atoms with Crippen molar-refractivity contribution in [3.63, 3.8) is 0 Å². The molecule has 7 heteroatoms. The first kappa shape index (κ1) is 19.7. The molecule has 30 heavy (non-hydrogen) atoms. The van der Waals surface area contributed by atoms with Gasteiger partial charge in [0, 0.05) is 17.5 Å². The summed E-state index contributed by atoms with van der Waals surface area (Å²) in [5, 5.41) is 7.78. The summed E-state index contributed by atoms with van der Waals surface area (Å²) >= 11 is 0. The van der Waals surface area contributed by atoms with E-state index in [1.807, 2.05) is 24.3 Å². The van der Waals surface area contributed by atoms with Gasteiger partial charge >= 0.3 is 0 Å². The fourth-order valence-corrected chi connectivity index (χ4v) is 3.47. The summed E-state index contributed by atoms with van der Waals surface area (Å²) in [5.74, 6) is 3.18. The summed E-state index contributed by atoms with van der Waals surface area (Å²) in [6, 6.07) is 14.4. The van der Waals surface area contributed by atoms with Gasteiger partial charge in [0.1, 0.15) is 18.5 Å². The van der Waals surface area contributed by atoms with Crippen LogP contribution in [-0.4, -0.2) is 53.4 Å². The molecule has 0 radical (unpaired) electrons. The zero-order chi connectivity index (χ0) is 20.9. The molecular weight excluding hydrogens is 382 g/mol. The van der Waals surface area contributed by atoms with E-state index in [1.165, 1.54) is 0 Å². The maximum absolute atomic E-state index is 12.9. The highest BCUT2D eigenvalue weighted by molar-refractivity contribution is 5.88. The van der Waals surface area contributed by atoms with Gasteiger partial charge in [-0.15, -0.1) is 6.42 Å². The number of hydrogen-bond donors (Lipinski definition) is 1. The van der Waals surface area contributed by atoms with Crippen LogP contribution in [-0.2, 0) is 16.0 Å². The molecule has 0 bridgehead atoms. The monoisotopic (exact) mass is 403 g/mol. The summed E-state index contributed by atoms with van der Waals surface area (Å²) in [6.45, 7) is 1.68. The highest BCUT2D eigenvalue weighted by Gasteiger charge is 2.25. The minimum absolute atomic E-state index is 0.0673. The second-order valence-electron chi connectivity index (χ2n) is 7.04. The van der Waals surface area contributed by atoms with Gasteiger partial charge in [0.25, 0.3) is 5.56 Å². The lowest BCUT2D eigenvalue weighted by Gasteiger charge is -2.33. The fourth-order valence-electron chi connectivity index (χ4n) is 3.47. The second kappa shape index (κ2) is 8.80. The second-order valence-corrected chi connectivity index (χ2v) is 7.04. The summed E-state index contributed by atoms with van der Waals surface area (Å²) in [4.78, 5) is 26.6. The number of carbonyl (C=O) groups excluding carboxylic acids is 1. The molecule has 0 aliphatic carbocycles.